The van der Waals surface area contributed by atoms with Crippen molar-refractivity contribution in [3.05, 3.63) is 100 Å². The number of anilines is 1. The van der Waals surface area contributed by atoms with Crippen LogP contribution >= 0.6 is 11.6 Å². The van der Waals surface area contributed by atoms with E-state index < -0.39 is 6.04 Å². The smallest absolute Gasteiger partial charge is 0.314 e. The zero-order valence-electron chi connectivity index (χ0n) is 19.4. The van der Waals surface area contributed by atoms with Crippen molar-refractivity contribution in [3.63, 3.8) is 0 Å². The van der Waals surface area contributed by atoms with Gasteiger partial charge in [0, 0.05) is 12.2 Å². The highest BCUT2D eigenvalue weighted by Crippen LogP contribution is 2.27. The highest BCUT2D eigenvalue weighted by atomic mass is 35.5. The van der Waals surface area contributed by atoms with E-state index in [-0.39, 0.29) is 17.5 Å². The molecule has 1 heterocycles. The maximum atomic E-state index is 13.7. The van der Waals surface area contributed by atoms with Gasteiger partial charge >= 0.3 is 6.03 Å². The Morgan fingerprint density at radius 1 is 0.971 bits per heavy atom. The molecule has 0 radical (unpaired) electrons. The fraction of sp³-hybridized carbons (Fsp3) is 0.222. The highest BCUT2D eigenvalue weighted by Gasteiger charge is 2.28. The Kier molecular flexibility index (Phi) is 6.98. The SMILES string of the molecule is CC(C)CN(C(=O)Nc1ccccc1)C(C)c1nc2ccccc2c(=O)n1-c1ccccc1Cl. The predicted molar refractivity (Wildman–Crippen MR) is 138 cm³/mol. The van der Waals surface area contributed by atoms with Crippen LogP contribution in [0.25, 0.3) is 16.6 Å². The standard InChI is InChI=1S/C27H27ClN4O2/c1-18(2)17-31(27(34)29-20-11-5-4-6-12-20)19(3)25-30-23-15-9-7-13-21(23)26(33)32(25)24-16-10-8-14-22(24)28/h4-16,18-19H,17H2,1-3H3,(H,29,34). The Bertz CT molecular complexity index is 1370. The molecule has 2 amide bonds. The van der Waals surface area contributed by atoms with E-state index in [1.807, 2.05) is 75.4 Å². The van der Waals surface area contributed by atoms with E-state index in [9.17, 15) is 9.59 Å². The molecule has 1 aromatic heterocycles. The predicted octanol–water partition coefficient (Wildman–Crippen LogP) is 6.29. The third-order valence-electron chi connectivity index (χ3n) is 5.58. The Balaban J connectivity index is 1.87. The molecule has 0 saturated carbocycles. The summed E-state index contributed by atoms with van der Waals surface area (Å²) in [5, 5.41) is 3.88. The summed E-state index contributed by atoms with van der Waals surface area (Å²) < 4.78 is 1.53. The van der Waals surface area contributed by atoms with Gasteiger partial charge in [0.2, 0.25) is 0 Å². The van der Waals surface area contributed by atoms with Crippen molar-refractivity contribution in [3.8, 4) is 5.69 Å². The molecule has 174 valence electrons. The van der Waals surface area contributed by atoms with Crippen molar-refractivity contribution in [1.82, 2.24) is 14.5 Å². The fourth-order valence-electron chi connectivity index (χ4n) is 3.96. The van der Waals surface area contributed by atoms with Crippen LogP contribution in [0.5, 0.6) is 0 Å². The number of carbonyl (C=O) groups is 1. The molecule has 1 unspecified atom stereocenters. The number of rotatable bonds is 6. The van der Waals surface area contributed by atoms with Crippen LogP contribution in [0.3, 0.4) is 0 Å². The van der Waals surface area contributed by atoms with Gasteiger partial charge in [0.05, 0.1) is 27.7 Å². The van der Waals surface area contributed by atoms with Crippen LogP contribution in [0.4, 0.5) is 10.5 Å². The Morgan fingerprint density at radius 2 is 1.62 bits per heavy atom. The summed E-state index contributed by atoms with van der Waals surface area (Å²) in [5.74, 6) is 0.644. The fourth-order valence-corrected chi connectivity index (χ4v) is 4.18. The van der Waals surface area contributed by atoms with Gasteiger partial charge in [-0.05, 0) is 49.2 Å². The minimum absolute atomic E-state index is 0.199. The average molecular weight is 475 g/mol. The molecular formula is C27H27ClN4O2. The topological polar surface area (TPSA) is 67.2 Å². The van der Waals surface area contributed by atoms with Gasteiger partial charge in [0.25, 0.3) is 5.56 Å². The number of aromatic nitrogens is 2. The quantitative estimate of drug-likeness (QED) is 0.357. The van der Waals surface area contributed by atoms with E-state index in [2.05, 4.69) is 5.32 Å². The van der Waals surface area contributed by atoms with Gasteiger partial charge in [0.1, 0.15) is 5.82 Å². The molecule has 3 aromatic carbocycles. The summed E-state index contributed by atoms with van der Waals surface area (Å²) in [6, 6.07) is 22.9. The first-order chi connectivity index (χ1) is 16.4. The molecule has 0 aliphatic rings. The maximum absolute atomic E-state index is 13.7. The number of fused-ring (bicyclic) bond motifs is 1. The number of para-hydroxylation sites is 3. The van der Waals surface area contributed by atoms with Gasteiger partial charge in [-0.2, -0.15) is 0 Å². The summed E-state index contributed by atoms with van der Waals surface area (Å²) in [6.45, 7) is 6.46. The highest BCUT2D eigenvalue weighted by molar-refractivity contribution is 6.32. The second-order valence-corrected chi connectivity index (χ2v) is 9.00. The number of amides is 2. The lowest BCUT2D eigenvalue weighted by Crippen LogP contribution is -2.41. The van der Waals surface area contributed by atoms with Crippen LogP contribution in [0.1, 0.15) is 32.6 Å². The monoisotopic (exact) mass is 474 g/mol. The Labute approximate surface area is 203 Å². The maximum Gasteiger partial charge on any atom is 0.322 e. The lowest BCUT2D eigenvalue weighted by molar-refractivity contribution is 0.179. The van der Waals surface area contributed by atoms with E-state index in [1.54, 1.807) is 29.2 Å². The molecule has 4 rings (SSSR count). The van der Waals surface area contributed by atoms with Gasteiger partial charge in [-0.25, -0.2) is 9.78 Å². The van der Waals surface area contributed by atoms with Crippen LogP contribution in [0, 0.1) is 5.92 Å². The van der Waals surface area contributed by atoms with E-state index in [4.69, 9.17) is 16.6 Å². The molecule has 4 aromatic rings. The van der Waals surface area contributed by atoms with Crippen molar-refractivity contribution >= 4 is 34.2 Å². The molecule has 7 heteroatoms. The van der Waals surface area contributed by atoms with Crippen molar-refractivity contribution < 1.29 is 4.79 Å². The van der Waals surface area contributed by atoms with Gasteiger partial charge in [-0.3, -0.25) is 9.36 Å². The van der Waals surface area contributed by atoms with E-state index in [0.717, 1.165) is 0 Å². The molecule has 6 nitrogen and oxygen atoms in total. The molecule has 0 saturated heterocycles. The molecule has 0 aliphatic heterocycles. The number of benzene rings is 3. The number of carbonyl (C=O) groups excluding carboxylic acids is 1. The van der Waals surface area contributed by atoms with E-state index in [0.29, 0.717) is 39.7 Å². The van der Waals surface area contributed by atoms with Crippen LogP contribution in [-0.4, -0.2) is 27.0 Å². The van der Waals surface area contributed by atoms with Crippen LogP contribution < -0.4 is 10.9 Å². The first-order valence-electron chi connectivity index (χ1n) is 11.3. The summed E-state index contributed by atoms with van der Waals surface area (Å²) in [5.41, 5.74) is 1.57. The third-order valence-corrected chi connectivity index (χ3v) is 5.90. The average Bonchev–Trinajstić information content (AvgIpc) is 2.83. The number of halogens is 1. The Morgan fingerprint density at radius 3 is 2.32 bits per heavy atom. The van der Waals surface area contributed by atoms with E-state index in [1.165, 1.54) is 4.57 Å². The minimum atomic E-state index is -0.514. The van der Waals surface area contributed by atoms with Gasteiger partial charge in [0.15, 0.2) is 0 Å². The largest absolute Gasteiger partial charge is 0.322 e. The van der Waals surface area contributed by atoms with Crippen LogP contribution in [0.2, 0.25) is 5.02 Å². The number of nitrogens with one attached hydrogen (secondary N) is 1. The van der Waals surface area contributed by atoms with Crippen molar-refractivity contribution in [1.29, 1.82) is 0 Å². The van der Waals surface area contributed by atoms with Gasteiger partial charge < -0.3 is 10.2 Å². The van der Waals surface area contributed by atoms with Gasteiger partial charge in [-0.1, -0.05) is 67.9 Å². The van der Waals surface area contributed by atoms with Crippen LogP contribution in [0.15, 0.2) is 83.7 Å². The summed E-state index contributed by atoms with van der Waals surface area (Å²) >= 11 is 6.51. The Hall–Kier alpha value is -3.64. The molecule has 1 atom stereocenters. The van der Waals surface area contributed by atoms with Crippen molar-refractivity contribution in [2.45, 2.75) is 26.8 Å². The zero-order valence-corrected chi connectivity index (χ0v) is 20.2. The first kappa shape index (κ1) is 23.5. The van der Waals surface area contributed by atoms with Crippen molar-refractivity contribution in [2.24, 2.45) is 5.92 Å². The molecular weight excluding hydrogens is 448 g/mol. The normalized spacial score (nSPS) is 12.0. The minimum Gasteiger partial charge on any atom is -0.314 e. The summed E-state index contributed by atoms with van der Waals surface area (Å²) in [6.07, 6.45) is 0. The first-order valence-corrected chi connectivity index (χ1v) is 11.6. The second kappa shape index (κ2) is 10.1. The second-order valence-electron chi connectivity index (χ2n) is 8.60. The molecule has 1 N–H and O–H groups in total. The van der Waals surface area contributed by atoms with E-state index >= 15 is 0 Å². The number of nitrogens with zero attached hydrogens (tertiary/aromatic N) is 3. The van der Waals surface area contributed by atoms with Gasteiger partial charge in [-0.15, -0.1) is 0 Å². The molecule has 0 bridgehead atoms. The zero-order chi connectivity index (χ0) is 24.2. The summed E-state index contributed by atoms with van der Waals surface area (Å²) in [4.78, 5) is 33.6. The molecule has 0 aliphatic carbocycles. The van der Waals surface area contributed by atoms with Crippen molar-refractivity contribution in [2.75, 3.05) is 11.9 Å². The number of hydrogen-bond acceptors (Lipinski definition) is 3. The van der Waals surface area contributed by atoms with Crippen LogP contribution in [-0.2, 0) is 0 Å². The number of hydrogen-bond donors (Lipinski definition) is 1. The lowest BCUT2D eigenvalue weighted by atomic mass is 10.1. The summed E-state index contributed by atoms with van der Waals surface area (Å²) in [7, 11) is 0. The lowest BCUT2D eigenvalue weighted by Gasteiger charge is -2.32. The number of urea groups is 1. The molecule has 0 fully saturated rings. The molecule has 0 spiro atoms. The third kappa shape index (κ3) is 4.82. The molecule has 34 heavy (non-hydrogen) atoms.